The summed E-state index contributed by atoms with van der Waals surface area (Å²) < 4.78 is 6.94. The van der Waals surface area contributed by atoms with Gasteiger partial charge in [0.25, 0.3) is 0 Å². The van der Waals surface area contributed by atoms with Crippen LogP contribution in [0.15, 0.2) is 30.6 Å². The Bertz CT molecular complexity index is 949. The van der Waals surface area contributed by atoms with E-state index < -0.39 is 5.97 Å². The van der Waals surface area contributed by atoms with Gasteiger partial charge in [0.2, 0.25) is 0 Å². The van der Waals surface area contributed by atoms with Crippen LogP contribution in [0, 0.1) is 5.92 Å². The fraction of sp³-hybridized carbons (Fsp3) is 0.333. The number of aromatic nitrogens is 4. The van der Waals surface area contributed by atoms with Crippen LogP contribution in [0.5, 0.6) is 0 Å². The minimum Gasteiger partial charge on any atom is -0.462 e. The average molecular weight is 357 g/mol. The molecule has 6 nitrogen and oxygen atoms in total. The van der Waals surface area contributed by atoms with Crippen LogP contribution >= 0.6 is 11.6 Å². The Morgan fingerprint density at radius 3 is 2.96 bits per heavy atom. The molecule has 0 radical (unpaired) electrons. The van der Waals surface area contributed by atoms with E-state index in [1.54, 1.807) is 19.2 Å². The lowest BCUT2D eigenvalue weighted by Gasteiger charge is -2.07. The molecule has 3 aromatic rings. The number of carbonyl (C=O) groups excluding carboxylic acids is 1. The molecule has 0 aliphatic heterocycles. The van der Waals surface area contributed by atoms with Gasteiger partial charge < -0.3 is 4.74 Å². The zero-order valence-electron chi connectivity index (χ0n) is 13.8. The lowest BCUT2D eigenvalue weighted by atomic mass is 10.1. The lowest BCUT2D eigenvalue weighted by Crippen LogP contribution is -2.05. The standard InChI is InChI=1S/C18H17ClN4O2/c1-2-25-18(24)13-7-12(8-20-9-13)14-5-6-15-17(16(14)19)21-22-23(15)10-11-3-4-11/h5-9,11H,2-4,10H2,1H3. The molecule has 1 aliphatic rings. The highest BCUT2D eigenvalue weighted by Crippen LogP contribution is 2.35. The zero-order chi connectivity index (χ0) is 17.4. The number of esters is 1. The molecular weight excluding hydrogens is 340 g/mol. The first-order valence-electron chi connectivity index (χ1n) is 8.31. The number of fused-ring (bicyclic) bond motifs is 1. The summed E-state index contributed by atoms with van der Waals surface area (Å²) in [7, 11) is 0. The molecule has 4 rings (SSSR count). The number of ether oxygens (including phenoxy) is 1. The average Bonchev–Trinajstić information content (AvgIpc) is 3.34. The van der Waals surface area contributed by atoms with Gasteiger partial charge in [0.15, 0.2) is 0 Å². The summed E-state index contributed by atoms with van der Waals surface area (Å²) in [4.78, 5) is 16.1. The van der Waals surface area contributed by atoms with Crippen LogP contribution in [0.3, 0.4) is 0 Å². The molecule has 7 heteroatoms. The molecule has 0 atom stereocenters. The van der Waals surface area contributed by atoms with Crippen LogP contribution in [0.4, 0.5) is 0 Å². The minimum atomic E-state index is -0.399. The Kier molecular flexibility index (Phi) is 4.13. The molecular formula is C18H17ClN4O2. The molecule has 1 aromatic carbocycles. The highest BCUT2D eigenvalue weighted by molar-refractivity contribution is 6.37. The van der Waals surface area contributed by atoms with E-state index in [1.807, 2.05) is 16.8 Å². The highest BCUT2D eigenvalue weighted by atomic mass is 35.5. The number of halogens is 1. The number of benzene rings is 1. The Morgan fingerprint density at radius 2 is 2.20 bits per heavy atom. The van der Waals surface area contributed by atoms with Gasteiger partial charge in [-0.05, 0) is 37.8 Å². The summed E-state index contributed by atoms with van der Waals surface area (Å²) in [6.45, 7) is 2.97. The fourth-order valence-electron chi connectivity index (χ4n) is 2.82. The van der Waals surface area contributed by atoms with E-state index in [9.17, 15) is 4.79 Å². The molecule has 0 spiro atoms. The van der Waals surface area contributed by atoms with Gasteiger partial charge in [-0.25, -0.2) is 9.48 Å². The number of hydrogen-bond acceptors (Lipinski definition) is 5. The van der Waals surface area contributed by atoms with Crippen molar-refractivity contribution in [3.05, 3.63) is 41.2 Å². The number of carbonyl (C=O) groups is 1. The number of pyridine rings is 1. The zero-order valence-corrected chi connectivity index (χ0v) is 14.5. The van der Waals surface area contributed by atoms with Crippen molar-refractivity contribution in [1.29, 1.82) is 0 Å². The molecule has 0 N–H and O–H groups in total. The fourth-order valence-corrected chi connectivity index (χ4v) is 3.13. The van der Waals surface area contributed by atoms with Gasteiger partial charge in [0, 0.05) is 30.1 Å². The first-order valence-corrected chi connectivity index (χ1v) is 8.69. The third-order valence-electron chi connectivity index (χ3n) is 4.31. The first kappa shape index (κ1) is 16.0. The van der Waals surface area contributed by atoms with Crippen molar-refractivity contribution in [2.75, 3.05) is 6.61 Å². The predicted molar refractivity (Wildman–Crippen MR) is 94.4 cm³/mol. The van der Waals surface area contributed by atoms with Crippen LogP contribution in [0.25, 0.3) is 22.2 Å². The smallest absolute Gasteiger partial charge is 0.339 e. The molecule has 25 heavy (non-hydrogen) atoms. The number of rotatable bonds is 5. The molecule has 0 saturated heterocycles. The second kappa shape index (κ2) is 6.44. The summed E-state index contributed by atoms with van der Waals surface area (Å²) in [5.74, 6) is 0.304. The van der Waals surface area contributed by atoms with Crippen molar-refractivity contribution in [2.45, 2.75) is 26.3 Å². The summed E-state index contributed by atoms with van der Waals surface area (Å²) in [6, 6.07) is 5.62. The van der Waals surface area contributed by atoms with E-state index in [-0.39, 0.29) is 0 Å². The van der Waals surface area contributed by atoms with Gasteiger partial charge in [-0.15, -0.1) is 5.10 Å². The van der Waals surface area contributed by atoms with Crippen LogP contribution in [-0.2, 0) is 11.3 Å². The summed E-state index contributed by atoms with van der Waals surface area (Å²) in [5.41, 5.74) is 3.50. The van der Waals surface area contributed by atoms with Gasteiger partial charge in [0.1, 0.15) is 5.52 Å². The van der Waals surface area contributed by atoms with E-state index in [1.165, 1.54) is 19.0 Å². The van der Waals surface area contributed by atoms with E-state index in [4.69, 9.17) is 16.3 Å². The van der Waals surface area contributed by atoms with Crippen molar-refractivity contribution in [1.82, 2.24) is 20.0 Å². The van der Waals surface area contributed by atoms with Gasteiger partial charge in [-0.3, -0.25) is 4.98 Å². The number of nitrogens with zero attached hydrogens (tertiary/aromatic N) is 4. The van der Waals surface area contributed by atoms with Crippen molar-refractivity contribution in [3.63, 3.8) is 0 Å². The Morgan fingerprint density at radius 1 is 1.36 bits per heavy atom. The third kappa shape index (κ3) is 3.09. The van der Waals surface area contributed by atoms with E-state index in [0.717, 1.165) is 23.2 Å². The first-order chi connectivity index (χ1) is 12.2. The summed E-state index contributed by atoms with van der Waals surface area (Å²) in [5, 5.41) is 8.99. The van der Waals surface area contributed by atoms with E-state index in [2.05, 4.69) is 15.3 Å². The molecule has 2 heterocycles. The van der Waals surface area contributed by atoms with Crippen molar-refractivity contribution >= 4 is 28.6 Å². The molecule has 1 saturated carbocycles. The summed E-state index contributed by atoms with van der Waals surface area (Å²) in [6.07, 6.45) is 5.66. The van der Waals surface area contributed by atoms with E-state index >= 15 is 0 Å². The van der Waals surface area contributed by atoms with Crippen molar-refractivity contribution < 1.29 is 9.53 Å². The second-order valence-electron chi connectivity index (χ2n) is 6.19. The Labute approximate surface area is 149 Å². The lowest BCUT2D eigenvalue weighted by molar-refractivity contribution is 0.0526. The van der Waals surface area contributed by atoms with Crippen molar-refractivity contribution in [3.8, 4) is 11.1 Å². The van der Waals surface area contributed by atoms with E-state index in [0.29, 0.717) is 28.6 Å². The third-order valence-corrected chi connectivity index (χ3v) is 4.70. The highest BCUT2D eigenvalue weighted by Gasteiger charge is 2.24. The maximum absolute atomic E-state index is 11.9. The maximum atomic E-state index is 11.9. The Balaban J connectivity index is 1.73. The normalized spacial score (nSPS) is 14.0. The molecule has 0 amide bonds. The Hall–Kier alpha value is -2.47. The number of hydrogen-bond donors (Lipinski definition) is 0. The molecule has 0 unspecified atom stereocenters. The van der Waals surface area contributed by atoms with Crippen LogP contribution < -0.4 is 0 Å². The van der Waals surface area contributed by atoms with Crippen LogP contribution in [-0.4, -0.2) is 32.6 Å². The second-order valence-corrected chi connectivity index (χ2v) is 6.57. The van der Waals surface area contributed by atoms with Crippen LogP contribution in [0.1, 0.15) is 30.1 Å². The maximum Gasteiger partial charge on any atom is 0.339 e. The topological polar surface area (TPSA) is 69.9 Å². The minimum absolute atomic E-state index is 0.319. The molecule has 128 valence electrons. The largest absolute Gasteiger partial charge is 0.462 e. The summed E-state index contributed by atoms with van der Waals surface area (Å²) >= 11 is 6.57. The van der Waals surface area contributed by atoms with Gasteiger partial charge >= 0.3 is 5.97 Å². The molecule has 2 aromatic heterocycles. The van der Waals surface area contributed by atoms with Crippen LogP contribution in [0.2, 0.25) is 5.02 Å². The quantitative estimate of drug-likeness (QED) is 0.651. The van der Waals surface area contributed by atoms with Gasteiger partial charge in [0.05, 0.1) is 22.7 Å². The predicted octanol–water partition coefficient (Wildman–Crippen LogP) is 3.73. The van der Waals surface area contributed by atoms with Gasteiger partial charge in [-0.2, -0.15) is 0 Å². The van der Waals surface area contributed by atoms with Crippen molar-refractivity contribution in [2.24, 2.45) is 5.92 Å². The molecule has 1 fully saturated rings. The molecule has 0 bridgehead atoms. The monoisotopic (exact) mass is 356 g/mol. The molecule has 1 aliphatic carbocycles. The van der Waals surface area contributed by atoms with Gasteiger partial charge in [-0.1, -0.05) is 22.9 Å². The SMILES string of the molecule is CCOC(=O)c1cncc(-c2ccc3c(nnn3CC3CC3)c2Cl)c1.